The van der Waals surface area contributed by atoms with Crippen LogP contribution in [0.25, 0.3) is 0 Å². The van der Waals surface area contributed by atoms with Gasteiger partial charge in [0, 0.05) is 12.4 Å². The van der Waals surface area contributed by atoms with Gasteiger partial charge in [-0.1, -0.05) is 13.8 Å². The van der Waals surface area contributed by atoms with Crippen LogP contribution in [0.4, 0.5) is 0 Å². The Morgan fingerprint density at radius 2 is 2.00 bits per heavy atom. The average molecular weight is 162 g/mol. The summed E-state index contributed by atoms with van der Waals surface area (Å²) in [6.45, 7) is 6.16. The monoisotopic (exact) mass is 162 g/mol. The molecule has 0 atom stereocenters. The molecule has 0 spiro atoms. The Labute approximate surface area is 69.6 Å². The minimum atomic E-state index is 0.793. The van der Waals surface area contributed by atoms with Crippen LogP contribution in [-0.2, 0) is 4.74 Å². The van der Waals surface area contributed by atoms with Gasteiger partial charge in [0.15, 0.2) is 0 Å². The zero-order valence-electron chi connectivity index (χ0n) is 6.97. The molecule has 0 unspecified atom stereocenters. The van der Waals surface area contributed by atoms with Crippen LogP contribution in [0.1, 0.15) is 26.7 Å². The van der Waals surface area contributed by atoms with Crippen LogP contribution in [0, 0.1) is 5.92 Å². The molecule has 0 N–H and O–H groups in total. The molecule has 0 bridgehead atoms. The Bertz CT molecular complexity index is 64.3. The summed E-state index contributed by atoms with van der Waals surface area (Å²) in [7, 11) is 0. The fourth-order valence-corrected chi connectivity index (χ4v) is 0.889. The van der Waals surface area contributed by atoms with E-state index in [0.717, 1.165) is 24.9 Å². The molecule has 1 nitrogen and oxygen atoms in total. The van der Waals surface area contributed by atoms with Crippen LogP contribution in [0.3, 0.4) is 0 Å². The average Bonchev–Trinajstić information content (AvgIpc) is 1.87. The highest BCUT2D eigenvalue weighted by Gasteiger charge is 1.92. The highest BCUT2D eigenvalue weighted by Crippen LogP contribution is 2.02. The fourth-order valence-electron chi connectivity index (χ4n) is 0.760. The lowest BCUT2D eigenvalue weighted by Crippen LogP contribution is -1.99. The second-order valence-electron chi connectivity index (χ2n) is 2.87. The molecule has 62 valence electrons. The zero-order valence-corrected chi connectivity index (χ0v) is 7.86. The van der Waals surface area contributed by atoms with Gasteiger partial charge >= 0.3 is 0 Å². The van der Waals surface area contributed by atoms with Crippen molar-refractivity contribution in [3.8, 4) is 0 Å². The van der Waals surface area contributed by atoms with Crippen molar-refractivity contribution in [3.05, 3.63) is 0 Å². The number of thiol groups is 1. The summed E-state index contributed by atoms with van der Waals surface area (Å²) in [6, 6.07) is 0. The molecule has 0 aliphatic carbocycles. The van der Waals surface area contributed by atoms with E-state index in [1.165, 1.54) is 12.8 Å². The van der Waals surface area contributed by atoms with Gasteiger partial charge in [0.1, 0.15) is 0 Å². The molecule has 0 aromatic carbocycles. The Hall–Kier alpha value is 0.310. The number of hydrogen-bond donors (Lipinski definition) is 1. The smallest absolute Gasteiger partial charge is 0.0554 e. The zero-order chi connectivity index (χ0) is 7.82. The van der Waals surface area contributed by atoms with Gasteiger partial charge in [0.2, 0.25) is 0 Å². The largest absolute Gasteiger partial charge is 0.381 e. The first-order valence-corrected chi connectivity index (χ1v) is 4.59. The maximum atomic E-state index is 5.26. The van der Waals surface area contributed by atoms with Crippen molar-refractivity contribution in [1.29, 1.82) is 0 Å². The van der Waals surface area contributed by atoms with E-state index in [1.807, 2.05) is 0 Å². The molecule has 10 heavy (non-hydrogen) atoms. The molecule has 0 aliphatic heterocycles. The summed E-state index contributed by atoms with van der Waals surface area (Å²) < 4.78 is 5.26. The summed E-state index contributed by atoms with van der Waals surface area (Å²) in [5.41, 5.74) is 0. The topological polar surface area (TPSA) is 9.23 Å². The second kappa shape index (κ2) is 7.42. The Kier molecular flexibility index (Phi) is 7.65. The van der Waals surface area contributed by atoms with Crippen molar-refractivity contribution in [2.75, 3.05) is 19.0 Å². The normalized spacial score (nSPS) is 10.8. The van der Waals surface area contributed by atoms with Crippen LogP contribution in [0.15, 0.2) is 0 Å². The van der Waals surface area contributed by atoms with Gasteiger partial charge in [-0.25, -0.2) is 0 Å². The summed E-state index contributed by atoms with van der Waals surface area (Å²) in [5, 5.41) is 0. The third-order valence-electron chi connectivity index (χ3n) is 1.31. The summed E-state index contributed by atoms with van der Waals surface area (Å²) in [4.78, 5) is 0. The van der Waals surface area contributed by atoms with E-state index in [2.05, 4.69) is 26.5 Å². The van der Waals surface area contributed by atoms with Gasteiger partial charge < -0.3 is 4.74 Å². The van der Waals surface area contributed by atoms with Gasteiger partial charge in [-0.2, -0.15) is 12.6 Å². The predicted molar refractivity (Wildman–Crippen MR) is 48.7 cm³/mol. The number of rotatable bonds is 6. The first kappa shape index (κ1) is 10.3. The third-order valence-corrected chi connectivity index (χ3v) is 1.49. The lowest BCUT2D eigenvalue weighted by atomic mass is 10.1. The highest BCUT2D eigenvalue weighted by molar-refractivity contribution is 7.80. The van der Waals surface area contributed by atoms with E-state index in [1.54, 1.807) is 0 Å². The van der Waals surface area contributed by atoms with Gasteiger partial charge in [-0.15, -0.1) is 0 Å². The molecule has 0 aromatic heterocycles. The van der Waals surface area contributed by atoms with Crippen LogP contribution in [-0.4, -0.2) is 19.0 Å². The van der Waals surface area contributed by atoms with Crippen LogP contribution in [0.2, 0.25) is 0 Å². The van der Waals surface area contributed by atoms with E-state index in [0.29, 0.717) is 0 Å². The van der Waals surface area contributed by atoms with Crippen molar-refractivity contribution in [2.45, 2.75) is 26.7 Å². The molecule has 0 saturated carbocycles. The van der Waals surface area contributed by atoms with Crippen LogP contribution >= 0.6 is 12.6 Å². The Morgan fingerprint density at radius 3 is 2.50 bits per heavy atom. The number of hydrogen-bond acceptors (Lipinski definition) is 2. The van der Waals surface area contributed by atoms with Crippen LogP contribution in [0.5, 0.6) is 0 Å². The summed E-state index contributed by atoms with van der Waals surface area (Å²) in [6.07, 6.45) is 2.46. The highest BCUT2D eigenvalue weighted by atomic mass is 32.1. The maximum absolute atomic E-state index is 5.26. The minimum Gasteiger partial charge on any atom is -0.381 e. The maximum Gasteiger partial charge on any atom is 0.0554 e. The molecule has 2 heteroatoms. The molecule has 0 saturated heterocycles. The van der Waals surface area contributed by atoms with Crippen molar-refractivity contribution >= 4 is 12.6 Å². The quantitative estimate of drug-likeness (QED) is 0.466. The van der Waals surface area contributed by atoms with E-state index >= 15 is 0 Å². The second-order valence-corrected chi connectivity index (χ2v) is 3.32. The first-order chi connectivity index (χ1) is 4.77. The molecule has 0 aliphatic rings. The van der Waals surface area contributed by atoms with Crippen molar-refractivity contribution in [1.82, 2.24) is 0 Å². The first-order valence-electron chi connectivity index (χ1n) is 3.96. The summed E-state index contributed by atoms with van der Waals surface area (Å²) in [5.74, 6) is 1.64. The van der Waals surface area contributed by atoms with E-state index < -0.39 is 0 Å². The lowest BCUT2D eigenvalue weighted by molar-refractivity contribution is 0.143. The molecule has 0 fully saturated rings. The predicted octanol–water partition coefficient (Wildman–Crippen LogP) is 2.37. The SMILES string of the molecule is CC(C)CCCOCCS. The third kappa shape index (κ3) is 8.31. The van der Waals surface area contributed by atoms with E-state index in [4.69, 9.17) is 4.74 Å². The molecule has 0 aromatic rings. The fraction of sp³-hybridized carbons (Fsp3) is 1.00. The summed E-state index contributed by atoms with van der Waals surface area (Å²) >= 11 is 4.04. The van der Waals surface area contributed by atoms with E-state index in [-0.39, 0.29) is 0 Å². The van der Waals surface area contributed by atoms with Crippen molar-refractivity contribution in [3.63, 3.8) is 0 Å². The van der Waals surface area contributed by atoms with Crippen LogP contribution < -0.4 is 0 Å². The van der Waals surface area contributed by atoms with Gasteiger partial charge in [-0.05, 0) is 18.8 Å². The van der Waals surface area contributed by atoms with Gasteiger partial charge in [-0.3, -0.25) is 0 Å². The molecule has 0 amide bonds. The standard InChI is InChI=1S/C8H18OS/c1-8(2)4-3-5-9-6-7-10/h8,10H,3-7H2,1-2H3. The molecule has 0 rings (SSSR count). The van der Waals surface area contributed by atoms with Gasteiger partial charge in [0.25, 0.3) is 0 Å². The minimum absolute atomic E-state index is 0.793. The van der Waals surface area contributed by atoms with Crippen molar-refractivity contribution < 1.29 is 4.74 Å². The van der Waals surface area contributed by atoms with Gasteiger partial charge in [0.05, 0.1) is 6.61 Å². The molecule has 0 radical (unpaired) electrons. The van der Waals surface area contributed by atoms with E-state index in [9.17, 15) is 0 Å². The molecular formula is C8H18OS. The molecular weight excluding hydrogens is 144 g/mol. The lowest BCUT2D eigenvalue weighted by Gasteiger charge is -2.03. The Morgan fingerprint density at radius 1 is 1.30 bits per heavy atom. The Balaban J connectivity index is 2.77. The molecule has 0 heterocycles. The number of ether oxygens (including phenoxy) is 1. The van der Waals surface area contributed by atoms with Crippen molar-refractivity contribution in [2.24, 2.45) is 5.92 Å².